The molecule has 1 unspecified atom stereocenters. The number of nitrogen functional groups attached to an aromatic ring is 1. The Kier molecular flexibility index (Phi) is 5.95. The van der Waals surface area contributed by atoms with Crippen LogP contribution in [-0.2, 0) is 0 Å². The van der Waals surface area contributed by atoms with Gasteiger partial charge in [-0.25, -0.2) is 4.39 Å². The van der Waals surface area contributed by atoms with Crippen LogP contribution in [0.4, 0.5) is 10.1 Å². The molecule has 0 saturated carbocycles. The van der Waals surface area contributed by atoms with E-state index in [-0.39, 0.29) is 5.56 Å². The van der Waals surface area contributed by atoms with Crippen molar-refractivity contribution in [2.45, 2.75) is 33.2 Å². The zero-order valence-electron chi connectivity index (χ0n) is 12.7. The van der Waals surface area contributed by atoms with Crippen LogP contribution in [0.1, 0.15) is 36.2 Å². The average molecular weight is 281 g/mol. The molecule has 0 bridgehead atoms. The van der Waals surface area contributed by atoms with Gasteiger partial charge >= 0.3 is 0 Å². The number of anilines is 1. The standard InChI is InChI=1S/C15H24FN3O/c1-5-11(3)19(4)7-6-18-15(20)13-9-12(17)8-10(2)14(13)16/h8-9,11H,5-7,17H2,1-4H3,(H,18,20). The van der Waals surface area contributed by atoms with Crippen molar-refractivity contribution in [2.24, 2.45) is 0 Å². The van der Waals surface area contributed by atoms with Crippen LogP contribution in [0.2, 0.25) is 0 Å². The van der Waals surface area contributed by atoms with Gasteiger partial charge in [0.25, 0.3) is 5.91 Å². The maximum atomic E-state index is 13.9. The Bertz CT molecular complexity index is 476. The minimum Gasteiger partial charge on any atom is -0.399 e. The van der Waals surface area contributed by atoms with Crippen molar-refractivity contribution < 1.29 is 9.18 Å². The minimum atomic E-state index is -0.507. The summed E-state index contributed by atoms with van der Waals surface area (Å²) >= 11 is 0. The lowest BCUT2D eigenvalue weighted by molar-refractivity contribution is 0.0943. The molecule has 0 aliphatic rings. The quantitative estimate of drug-likeness (QED) is 0.786. The third-order valence-electron chi connectivity index (χ3n) is 3.61. The molecule has 1 aromatic carbocycles. The van der Waals surface area contributed by atoms with Gasteiger partial charge in [-0.3, -0.25) is 4.79 Å². The van der Waals surface area contributed by atoms with Gasteiger partial charge in [0.2, 0.25) is 0 Å². The molecule has 0 aliphatic heterocycles. The van der Waals surface area contributed by atoms with E-state index in [1.54, 1.807) is 6.92 Å². The second kappa shape index (κ2) is 7.24. The van der Waals surface area contributed by atoms with E-state index >= 15 is 0 Å². The van der Waals surface area contributed by atoms with Gasteiger partial charge in [0.05, 0.1) is 5.56 Å². The predicted molar refractivity (Wildman–Crippen MR) is 80.3 cm³/mol. The van der Waals surface area contributed by atoms with Crippen LogP contribution in [-0.4, -0.2) is 37.0 Å². The summed E-state index contributed by atoms with van der Waals surface area (Å²) in [5, 5.41) is 2.73. The number of amides is 1. The Morgan fingerprint density at radius 1 is 1.50 bits per heavy atom. The van der Waals surface area contributed by atoms with Crippen molar-refractivity contribution in [3.05, 3.63) is 29.1 Å². The second-order valence-corrected chi connectivity index (χ2v) is 5.19. The molecule has 0 aromatic heterocycles. The molecule has 0 saturated heterocycles. The second-order valence-electron chi connectivity index (χ2n) is 5.19. The monoisotopic (exact) mass is 281 g/mol. The van der Waals surface area contributed by atoms with Crippen LogP contribution in [0.5, 0.6) is 0 Å². The van der Waals surface area contributed by atoms with Crippen molar-refractivity contribution in [3.8, 4) is 0 Å². The minimum absolute atomic E-state index is 0.00805. The molecule has 3 N–H and O–H groups in total. The van der Waals surface area contributed by atoms with Gasteiger partial charge in [-0.1, -0.05) is 6.92 Å². The highest BCUT2D eigenvalue weighted by Crippen LogP contribution is 2.16. The predicted octanol–water partition coefficient (Wildman–Crippen LogP) is 2.18. The number of benzene rings is 1. The number of rotatable bonds is 6. The summed E-state index contributed by atoms with van der Waals surface area (Å²) in [5.41, 5.74) is 6.43. The Morgan fingerprint density at radius 2 is 2.15 bits per heavy atom. The van der Waals surface area contributed by atoms with Crippen molar-refractivity contribution in [3.63, 3.8) is 0 Å². The van der Waals surface area contributed by atoms with Crippen LogP contribution in [0, 0.1) is 12.7 Å². The largest absolute Gasteiger partial charge is 0.399 e. The summed E-state index contributed by atoms with van der Waals surface area (Å²) in [6.45, 7) is 7.04. The molecule has 20 heavy (non-hydrogen) atoms. The molecule has 0 radical (unpaired) electrons. The molecular weight excluding hydrogens is 257 g/mol. The summed E-state index contributed by atoms with van der Waals surface area (Å²) in [6, 6.07) is 3.34. The van der Waals surface area contributed by atoms with Gasteiger partial charge in [-0.2, -0.15) is 0 Å². The highest BCUT2D eigenvalue weighted by atomic mass is 19.1. The first-order valence-corrected chi connectivity index (χ1v) is 6.90. The van der Waals surface area contributed by atoms with Gasteiger partial charge < -0.3 is 16.0 Å². The normalized spacial score (nSPS) is 12.5. The Hall–Kier alpha value is -1.62. The number of hydrogen-bond donors (Lipinski definition) is 2. The van der Waals surface area contributed by atoms with E-state index in [0.29, 0.717) is 23.8 Å². The van der Waals surface area contributed by atoms with Gasteiger partial charge in [0.15, 0.2) is 0 Å². The Morgan fingerprint density at radius 3 is 2.75 bits per heavy atom. The number of carbonyl (C=O) groups is 1. The van der Waals surface area contributed by atoms with E-state index in [1.807, 2.05) is 7.05 Å². The SMILES string of the molecule is CCC(C)N(C)CCNC(=O)c1cc(N)cc(C)c1F. The number of nitrogens with zero attached hydrogens (tertiary/aromatic N) is 1. The first kappa shape index (κ1) is 16.4. The maximum absolute atomic E-state index is 13.9. The highest BCUT2D eigenvalue weighted by molar-refractivity contribution is 5.95. The fraction of sp³-hybridized carbons (Fsp3) is 0.533. The molecule has 0 aliphatic carbocycles. The first-order valence-electron chi connectivity index (χ1n) is 6.90. The molecule has 1 rings (SSSR count). The number of halogens is 1. The highest BCUT2D eigenvalue weighted by Gasteiger charge is 2.14. The summed E-state index contributed by atoms with van der Waals surface area (Å²) in [5.74, 6) is -0.928. The Labute approximate surface area is 120 Å². The molecule has 1 atom stereocenters. The maximum Gasteiger partial charge on any atom is 0.254 e. The van der Waals surface area contributed by atoms with E-state index in [2.05, 4.69) is 24.1 Å². The molecule has 4 nitrogen and oxygen atoms in total. The molecule has 1 aromatic rings. The zero-order valence-corrected chi connectivity index (χ0v) is 12.7. The zero-order chi connectivity index (χ0) is 15.3. The third-order valence-corrected chi connectivity index (χ3v) is 3.61. The van der Waals surface area contributed by atoms with E-state index in [9.17, 15) is 9.18 Å². The van der Waals surface area contributed by atoms with Gasteiger partial charge in [0, 0.05) is 24.8 Å². The van der Waals surface area contributed by atoms with Crippen molar-refractivity contribution >= 4 is 11.6 Å². The topological polar surface area (TPSA) is 58.4 Å². The molecular formula is C15H24FN3O. The number of nitrogens with two attached hydrogens (primary N) is 1. The average Bonchev–Trinajstić information content (AvgIpc) is 2.41. The molecule has 0 spiro atoms. The molecule has 112 valence electrons. The molecule has 1 amide bonds. The summed E-state index contributed by atoms with van der Waals surface area (Å²) in [6.07, 6.45) is 1.05. The lowest BCUT2D eigenvalue weighted by Gasteiger charge is -2.23. The summed E-state index contributed by atoms with van der Waals surface area (Å²) < 4.78 is 13.9. The lowest BCUT2D eigenvalue weighted by Crippen LogP contribution is -2.37. The number of carbonyl (C=O) groups excluding carboxylic acids is 1. The van der Waals surface area contributed by atoms with Crippen molar-refractivity contribution in [1.29, 1.82) is 0 Å². The number of nitrogens with one attached hydrogen (secondary N) is 1. The third kappa shape index (κ3) is 4.20. The number of hydrogen-bond acceptors (Lipinski definition) is 3. The first-order chi connectivity index (χ1) is 9.36. The van der Waals surface area contributed by atoms with Crippen molar-refractivity contribution in [1.82, 2.24) is 10.2 Å². The fourth-order valence-electron chi connectivity index (χ4n) is 1.94. The van der Waals surface area contributed by atoms with E-state index < -0.39 is 11.7 Å². The summed E-state index contributed by atoms with van der Waals surface area (Å²) in [4.78, 5) is 14.1. The number of aryl methyl sites for hydroxylation is 1. The molecule has 0 heterocycles. The van der Waals surface area contributed by atoms with Crippen LogP contribution in [0.25, 0.3) is 0 Å². The van der Waals surface area contributed by atoms with Gasteiger partial charge in [-0.15, -0.1) is 0 Å². The fourth-order valence-corrected chi connectivity index (χ4v) is 1.94. The van der Waals surface area contributed by atoms with Crippen LogP contribution in [0.3, 0.4) is 0 Å². The van der Waals surface area contributed by atoms with E-state index in [1.165, 1.54) is 12.1 Å². The van der Waals surface area contributed by atoms with Crippen LogP contribution < -0.4 is 11.1 Å². The summed E-state index contributed by atoms with van der Waals surface area (Å²) in [7, 11) is 2.01. The smallest absolute Gasteiger partial charge is 0.254 e. The van der Waals surface area contributed by atoms with E-state index in [0.717, 1.165) is 13.0 Å². The van der Waals surface area contributed by atoms with Crippen LogP contribution in [0.15, 0.2) is 12.1 Å². The van der Waals surface area contributed by atoms with Gasteiger partial charge in [-0.05, 0) is 45.0 Å². The number of likely N-dealkylation sites (N-methyl/N-ethyl adjacent to an activating group) is 1. The van der Waals surface area contributed by atoms with Gasteiger partial charge in [0.1, 0.15) is 5.82 Å². The molecule has 0 fully saturated rings. The van der Waals surface area contributed by atoms with Crippen molar-refractivity contribution in [2.75, 3.05) is 25.9 Å². The molecule has 5 heteroatoms. The lowest BCUT2D eigenvalue weighted by atomic mass is 10.1. The van der Waals surface area contributed by atoms with Crippen LogP contribution >= 0.6 is 0 Å². The Balaban J connectivity index is 2.60. The van der Waals surface area contributed by atoms with E-state index in [4.69, 9.17) is 5.73 Å².